The Kier molecular flexibility index (Phi) is 7.43. The first-order chi connectivity index (χ1) is 16.9. The van der Waals surface area contributed by atoms with Crippen molar-refractivity contribution in [1.29, 1.82) is 0 Å². The lowest BCUT2D eigenvalue weighted by Gasteiger charge is -2.24. The number of thiocarbonyl (C=S) groups is 1. The number of hydrogen-bond acceptors (Lipinski definition) is 5. The van der Waals surface area contributed by atoms with Gasteiger partial charge in [0, 0.05) is 17.3 Å². The highest BCUT2D eigenvalue weighted by molar-refractivity contribution is 7.80. The van der Waals surface area contributed by atoms with Gasteiger partial charge in [-0.05, 0) is 66.3 Å². The minimum absolute atomic E-state index is 0.103. The normalized spacial score (nSPS) is 15.3. The molecule has 4 rings (SSSR count). The van der Waals surface area contributed by atoms with Crippen molar-refractivity contribution in [2.45, 2.75) is 19.0 Å². The van der Waals surface area contributed by atoms with Crippen molar-refractivity contribution in [3.63, 3.8) is 0 Å². The second-order valence-corrected chi connectivity index (χ2v) is 8.68. The van der Waals surface area contributed by atoms with E-state index in [1.165, 1.54) is 12.0 Å². The first kappa shape index (κ1) is 24.4. The van der Waals surface area contributed by atoms with Crippen LogP contribution in [0.5, 0.6) is 0 Å². The second kappa shape index (κ2) is 10.7. The van der Waals surface area contributed by atoms with Gasteiger partial charge in [0.15, 0.2) is 5.11 Å². The third kappa shape index (κ3) is 5.50. The molecule has 1 saturated heterocycles. The molecular weight excluding hydrogens is 486 g/mol. The summed E-state index contributed by atoms with van der Waals surface area (Å²) in [5.74, 6) is -1.11. The first-order valence-corrected chi connectivity index (χ1v) is 11.6. The number of halogens is 1. The molecule has 1 aliphatic heterocycles. The zero-order valence-corrected chi connectivity index (χ0v) is 20.4. The molecule has 0 bridgehead atoms. The standard InChI is InChI=1S/C26H22ClN3O4S/c1-34-25(33)18-7-11-20(12-8-18)28-23(31)15-22-24(32)30(21-13-9-19(27)10-14-21)26(35)29(22)16-17-5-3-2-4-6-17/h2-14,22H,15-16H2,1H3,(H,28,31). The van der Waals surface area contributed by atoms with Gasteiger partial charge in [-0.25, -0.2) is 4.79 Å². The van der Waals surface area contributed by atoms with Crippen LogP contribution in [0.1, 0.15) is 22.3 Å². The molecule has 0 saturated carbocycles. The smallest absolute Gasteiger partial charge is 0.337 e. The Morgan fingerprint density at radius 3 is 2.29 bits per heavy atom. The van der Waals surface area contributed by atoms with Crippen LogP contribution in [-0.4, -0.2) is 40.9 Å². The Balaban J connectivity index is 1.55. The highest BCUT2D eigenvalue weighted by atomic mass is 35.5. The summed E-state index contributed by atoms with van der Waals surface area (Å²) in [7, 11) is 1.30. The number of carbonyl (C=O) groups is 3. The number of nitrogens with zero attached hydrogens (tertiary/aromatic N) is 2. The maximum atomic E-state index is 13.5. The van der Waals surface area contributed by atoms with E-state index < -0.39 is 12.0 Å². The molecule has 178 valence electrons. The number of carbonyl (C=O) groups excluding carboxylic acids is 3. The summed E-state index contributed by atoms with van der Waals surface area (Å²) in [6, 6.07) is 22.0. The van der Waals surface area contributed by atoms with Crippen LogP contribution in [-0.2, 0) is 20.9 Å². The van der Waals surface area contributed by atoms with E-state index in [0.717, 1.165) is 5.56 Å². The average molecular weight is 508 g/mol. The first-order valence-electron chi connectivity index (χ1n) is 10.8. The largest absolute Gasteiger partial charge is 0.465 e. The summed E-state index contributed by atoms with van der Waals surface area (Å²) in [4.78, 5) is 41.2. The van der Waals surface area contributed by atoms with Crippen molar-refractivity contribution in [1.82, 2.24) is 4.90 Å². The number of rotatable bonds is 7. The number of esters is 1. The number of hydrogen-bond donors (Lipinski definition) is 1. The maximum Gasteiger partial charge on any atom is 0.337 e. The third-order valence-corrected chi connectivity index (χ3v) is 6.24. The van der Waals surface area contributed by atoms with Gasteiger partial charge in [-0.3, -0.25) is 14.5 Å². The van der Waals surface area contributed by atoms with Crippen molar-refractivity contribution in [2.75, 3.05) is 17.3 Å². The quantitative estimate of drug-likeness (QED) is 0.370. The Bertz CT molecular complexity index is 1250. The lowest BCUT2D eigenvalue weighted by atomic mass is 10.1. The van der Waals surface area contributed by atoms with Crippen LogP contribution in [0.2, 0.25) is 5.02 Å². The van der Waals surface area contributed by atoms with Crippen LogP contribution in [0.15, 0.2) is 78.9 Å². The van der Waals surface area contributed by atoms with E-state index in [-0.39, 0.29) is 18.2 Å². The van der Waals surface area contributed by atoms with E-state index >= 15 is 0 Å². The van der Waals surface area contributed by atoms with Gasteiger partial charge in [-0.1, -0.05) is 41.9 Å². The summed E-state index contributed by atoms with van der Waals surface area (Å²) in [5, 5.41) is 3.65. The van der Waals surface area contributed by atoms with Crippen LogP contribution in [0, 0.1) is 0 Å². The molecule has 1 heterocycles. The highest BCUT2D eigenvalue weighted by Gasteiger charge is 2.44. The van der Waals surface area contributed by atoms with Crippen LogP contribution < -0.4 is 10.2 Å². The van der Waals surface area contributed by atoms with Gasteiger partial charge in [0.2, 0.25) is 5.91 Å². The Morgan fingerprint density at radius 2 is 1.66 bits per heavy atom. The van der Waals surface area contributed by atoms with E-state index in [1.54, 1.807) is 53.4 Å². The molecule has 0 aliphatic carbocycles. The van der Waals surface area contributed by atoms with Crippen LogP contribution in [0.3, 0.4) is 0 Å². The lowest BCUT2D eigenvalue weighted by molar-refractivity contribution is -0.124. The van der Waals surface area contributed by atoms with Gasteiger partial charge >= 0.3 is 5.97 Å². The molecule has 1 unspecified atom stereocenters. The zero-order chi connectivity index (χ0) is 24.9. The molecule has 7 nitrogen and oxygen atoms in total. The van der Waals surface area contributed by atoms with Gasteiger partial charge in [-0.2, -0.15) is 0 Å². The number of anilines is 2. The molecule has 35 heavy (non-hydrogen) atoms. The lowest BCUT2D eigenvalue weighted by Crippen LogP contribution is -2.37. The van der Waals surface area contributed by atoms with Crippen LogP contribution in [0.25, 0.3) is 0 Å². The SMILES string of the molecule is COC(=O)c1ccc(NC(=O)CC2C(=O)N(c3ccc(Cl)cc3)C(=S)N2Cc2ccccc2)cc1. The molecule has 1 fully saturated rings. The molecule has 0 radical (unpaired) electrons. The molecule has 1 atom stereocenters. The molecule has 2 amide bonds. The van der Waals surface area contributed by atoms with Gasteiger partial charge < -0.3 is 15.0 Å². The molecule has 3 aromatic rings. The minimum atomic E-state index is -0.785. The molecule has 9 heteroatoms. The van der Waals surface area contributed by atoms with Gasteiger partial charge in [-0.15, -0.1) is 0 Å². The number of nitrogens with one attached hydrogen (secondary N) is 1. The zero-order valence-electron chi connectivity index (χ0n) is 18.8. The van der Waals surface area contributed by atoms with E-state index in [1.807, 2.05) is 30.3 Å². The van der Waals surface area contributed by atoms with Gasteiger partial charge in [0.05, 0.1) is 24.8 Å². The number of methoxy groups -OCH3 is 1. The molecule has 0 spiro atoms. The Morgan fingerprint density at radius 1 is 1.00 bits per heavy atom. The number of ether oxygens (including phenoxy) is 1. The molecule has 0 aromatic heterocycles. The summed E-state index contributed by atoms with van der Waals surface area (Å²) in [5.41, 5.74) is 2.42. The van der Waals surface area contributed by atoms with E-state index in [9.17, 15) is 14.4 Å². The van der Waals surface area contributed by atoms with Gasteiger partial charge in [0.25, 0.3) is 5.91 Å². The highest BCUT2D eigenvalue weighted by Crippen LogP contribution is 2.29. The number of amides is 2. The summed E-state index contributed by atoms with van der Waals surface area (Å²) >= 11 is 11.7. The predicted molar refractivity (Wildman–Crippen MR) is 138 cm³/mol. The predicted octanol–water partition coefficient (Wildman–Crippen LogP) is 4.66. The Hall–Kier alpha value is -3.75. The van der Waals surface area contributed by atoms with Crippen LogP contribution in [0.4, 0.5) is 11.4 Å². The summed E-state index contributed by atoms with van der Waals surface area (Å²) < 4.78 is 4.69. The summed E-state index contributed by atoms with van der Waals surface area (Å²) in [6.45, 7) is 0.376. The Labute approximate surface area is 213 Å². The van der Waals surface area contributed by atoms with Crippen LogP contribution >= 0.6 is 23.8 Å². The topological polar surface area (TPSA) is 78.9 Å². The van der Waals surface area contributed by atoms with E-state index in [4.69, 9.17) is 23.8 Å². The molecule has 1 N–H and O–H groups in total. The van der Waals surface area contributed by atoms with Crippen molar-refractivity contribution in [3.05, 3.63) is 95.0 Å². The van der Waals surface area contributed by atoms with Crippen molar-refractivity contribution >= 4 is 58.1 Å². The maximum absolute atomic E-state index is 13.5. The average Bonchev–Trinajstić information content (AvgIpc) is 3.09. The fourth-order valence-electron chi connectivity index (χ4n) is 3.82. The fourth-order valence-corrected chi connectivity index (χ4v) is 4.33. The van der Waals surface area contributed by atoms with Crippen molar-refractivity contribution in [3.8, 4) is 0 Å². The third-order valence-electron chi connectivity index (χ3n) is 5.57. The van der Waals surface area contributed by atoms with Gasteiger partial charge in [0.1, 0.15) is 6.04 Å². The monoisotopic (exact) mass is 507 g/mol. The summed E-state index contributed by atoms with van der Waals surface area (Å²) in [6.07, 6.45) is -0.103. The fraction of sp³-hybridized carbons (Fsp3) is 0.154. The van der Waals surface area contributed by atoms with Crippen molar-refractivity contribution < 1.29 is 19.1 Å². The van der Waals surface area contributed by atoms with E-state index in [2.05, 4.69) is 10.1 Å². The van der Waals surface area contributed by atoms with Crippen molar-refractivity contribution in [2.24, 2.45) is 0 Å². The molecule has 3 aromatic carbocycles. The number of benzene rings is 3. The molecule has 1 aliphatic rings. The minimum Gasteiger partial charge on any atom is -0.465 e. The van der Waals surface area contributed by atoms with E-state index in [0.29, 0.717) is 33.6 Å². The second-order valence-electron chi connectivity index (χ2n) is 7.88. The molecular formula is C26H22ClN3O4S.